The average Bonchev–Trinajstić information content (AvgIpc) is 2.30. The van der Waals surface area contributed by atoms with Gasteiger partial charge in [0.15, 0.2) is 17.7 Å². The van der Waals surface area contributed by atoms with Crippen LogP contribution in [-0.2, 0) is 9.53 Å². The molecule has 2 N–H and O–H groups in total. The molecule has 1 aromatic carbocycles. The monoisotopic (exact) mass is 306 g/mol. The first kappa shape index (κ1) is 13.9. The fraction of sp³-hybridized carbons (Fsp3) is 0.364. The Kier molecular flexibility index (Phi) is 4.47. The first-order valence-corrected chi connectivity index (χ1v) is 5.71. The molecular formula is C11H12BrFO4. The Balaban J connectivity index is 3.19. The summed E-state index contributed by atoms with van der Waals surface area (Å²) in [4.78, 5) is 11.3. The number of aryl methyl sites for hydroxylation is 1. The summed E-state index contributed by atoms with van der Waals surface area (Å²) in [5.41, 5.74) is 0.198. The maximum absolute atomic E-state index is 13.6. The lowest BCUT2D eigenvalue weighted by Gasteiger charge is -2.13. The molecule has 0 saturated heterocycles. The molecule has 17 heavy (non-hydrogen) atoms. The predicted octanol–water partition coefficient (Wildman–Crippen LogP) is 2.20. The normalized spacial score (nSPS) is 12.3. The van der Waals surface area contributed by atoms with E-state index in [9.17, 15) is 19.4 Å². The molecule has 0 spiro atoms. The molecule has 0 amide bonds. The summed E-state index contributed by atoms with van der Waals surface area (Å²) in [6.45, 7) is 3.26. The Morgan fingerprint density at radius 3 is 2.76 bits per heavy atom. The van der Waals surface area contributed by atoms with Crippen LogP contribution in [0.4, 0.5) is 4.39 Å². The molecule has 0 radical (unpaired) electrons. The summed E-state index contributed by atoms with van der Waals surface area (Å²) in [7, 11) is 0. The van der Waals surface area contributed by atoms with Crippen LogP contribution in [0.25, 0.3) is 0 Å². The Morgan fingerprint density at radius 1 is 1.65 bits per heavy atom. The molecule has 1 unspecified atom stereocenters. The quantitative estimate of drug-likeness (QED) is 0.840. The second-order valence-corrected chi connectivity index (χ2v) is 4.21. The molecule has 0 aliphatic heterocycles. The van der Waals surface area contributed by atoms with E-state index in [1.54, 1.807) is 13.8 Å². The van der Waals surface area contributed by atoms with Gasteiger partial charge in [-0.3, -0.25) is 0 Å². The molecule has 0 aliphatic carbocycles. The van der Waals surface area contributed by atoms with E-state index in [1.807, 2.05) is 0 Å². The first-order valence-electron chi connectivity index (χ1n) is 4.92. The van der Waals surface area contributed by atoms with Gasteiger partial charge < -0.3 is 14.9 Å². The van der Waals surface area contributed by atoms with E-state index in [-0.39, 0.29) is 16.6 Å². The number of aromatic hydroxyl groups is 1. The highest BCUT2D eigenvalue weighted by Gasteiger charge is 2.25. The molecule has 4 nitrogen and oxygen atoms in total. The van der Waals surface area contributed by atoms with Gasteiger partial charge in [0.25, 0.3) is 0 Å². The molecule has 0 saturated carbocycles. The van der Waals surface area contributed by atoms with Crippen LogP contribution >= 0.6 is 15.9 Å². The summed E-state index contributed by atoms with van der Waals surface area (Å²) in [6.07, 6.45) is -1.74. The lowest BCUT2D eigenvalue weighted by atomic mass is 10.1. The van der Waals surface area contributed by atoms with Gasteiger partial charge in [0.1, 0.15) is 0 Å². The summed E-state index contributed by atoms with van der Waals surface area (Å²) >= 11 is 2.99. The van der Waals surface area contributed by atoms with Crippen LogP contribution in [-0.4, -0.2) is 22.8 Å². The molecule has 94 valence electrons. The van der Waals surface area contributed by atoms with Gasteiger partial charge in [0.05, 0.1) is 11.1 Å². The number of phenolic OH excluding ortho intramolecular Hbond substituents is 1. The third-order valence-corrected chi connectivity index (χ3v) is 3.19. The number of esters is 1. The van der Waals surface area contributed by atoms with Crippen molar-refractivity contribution < 1.29 is 24.1 Å². The number of carbonyl (C=O) groups is 1. The Hall–Kier alpha value is -1.14. The maximum atomic E-state index is 13.6. The van der Waals surface area contributed by atoms with Crippen molar-refractivity contribution in [3.63, 3.8) is 0 Å². The molecule has 1 aromatic rings. The number of phenols is 1. The number of benzene rings is 1. The van der Waals surface area contributed by atoms with E-state index in [0.29, 0.717) is 5.56 Å². The summed E-state index contributed by atoms with van der Waals surface area (Å²) < 4.78 is 18.4. The lowest BCUT2D eigenvalue weighted by Crippen LogP contribution is -2.17. The molecule has 1 rings (SSSR count). The zero-order valence-electron chi connectivity index (χ0n) is 9.33. The summed E-state index contributed by atoms with van der Waals surface area (Å²) in [5.74, 6) is -2.63. The number of ether oxygens (including phenoxy) is 1. The van der Waals surface area contributed by atoms with Crippen LogP contribution in [0.5, 0.6) is 5.75 Å². The van der Waals surface area contributed by atoms with Gasteiger partial charge in [-0.05, 0) is 41.4 Å². The molecule has 1 atom stereocenters. The van der Waals surface area contributed by atoms with Crippen LogP contribution in [0.3, 0.4) is 0 Å². The molecular weight excluding hydrogens is 295 g/mol. The van der Waals surface area contributed by atoms with Crippen molar-refractivity contribution in [1.82, 2.24) is 0 Å². The van der Waals surface area contributed by atoms with Crippen molar-refractivity contribution >= 4 is 21.9 Å². The van der Waals surface area contributed by atoms with E-state index in [1.165, 1.54) is 6.07 Å². The number of halogens is 2. The van der Waals surface area contributed by atoms with E-state index >= 15 is 0 Å². The molecule has 0 aliphatic rings. The van der Waals surface area contributed by atoms with Gasteiger partial charge >= 0.3 is 5.97 Å². The minimum absolute atomic E-state index is 0.0823. The zero-order valence-corrected chi connectivity index (χ0v) is 10.9. The van der Waals surface area contributed by atoms with Crippen molar-refractivity contribution in [2.75, 3.05) is 6.61 Å². The number of rotatable bonds is 3. The van der Waals surface area contributed by atoms with Crippen LogP contribution in [0.1, 0.15) is 24.2 Å². The van der Waals surface area contributed by atoms with Gasteiger partial charge in [0, 0.05) is 5.56 Å². The van der Waals surface area contributed by atoms with Crippen LogP contribution in [0, 0.1) is 12.7 Å². The number of carbonyl (C=O) groups excluding carboxylic acids is 1. The summed E-state index contributed by atoms with van der Waals surface area (Å²) in [5, 5.41) is 19.0. The molecule has 0 heterocycles. The SMILES string of the molecule is CCOC(=O)C(O)c1cc(C)c(Br)c(O)c1F. The van der Waals surface area contributed by atoms with Gasteiger partial charge in [-0.15, -0.1) is 0 Å². The third-order valence-electron chi connectivity index (χ3n) is 2.19. The van der Waals surface area contributed by atoms with Crippen molar-refractivity contribution in [2.45, 2.75) is 20.0 Å². The van der Waals surface area contributed by atoms with Gasteiger partial charge in [-0.2, -0.15) is 0 Å². The Labute approximate surface area is 106 Å². The van der Waals surface area contributed by atoms with Crippen LogP contribution in [0.15, 0.2) is 10.5 Å². The van der Waals surface area contributed by atoms with E-state index in [2.05, 4.69) is 20.7 Å². The Bertz CT molecular complexity index is 448. The zero-order chi connectivity index (χ0) is 13.2. The van der Waals surface area contributed by atoms with Crippen molar-refractivity contribution in [1.29, 1.82) is 0 Å². The smallest absolute Gasteiger partial charge is 0.339 e. The average molecular weight is 307 g/mol. The maximum Gasteiger partial charge on any atom is 0.339 e. The van der Waals surface area contributed by atoms with E-state index in [0.717, 1.165) is 0 Å². The third kappa shape index (κ3) is 2.76. The molecule has 0 fully saturated rings. The summed E-state index contributed by atoms with van der Waals surface area (Å²) in [6, 6.07) is 1.28. The van der Waals surface area contributed by atoms with Gasteiger partial charge in [0.2, 0.25) is 0 Å². The molecule has 6 heteroatoms. The number of aliphatic hydroxyl groups is 1. The fourth-order valence-corrected chi connectivity index (χ4v) is 1.62. The number of hydrogen-bond donors (Lipinski definition) is 2. The Morgan fingerprint density at radius 2 is 2.24 bits per heavy atom. The van der Waals surface area contributed by atoms with Crippen molar-refractivity contribution in [2.24, 2.45) is 0 Å². The standard InChI is InChI=1S/C11H12BrFO4/c1-3-17-11(16)9(14)6-4-5(2)7(12)10(15)8(6)13/h4,9,14-15H,3H2,1-2H3. The highest BCUT2D eigenvalue weighted by molar-refractivity contribution is 9.10. The predicted molar refractivity (Wildman–Crippen MR) is 62.1 cm³/mol. The largest absolute Gasteiger partial charge is 0.504 e. The topological polar surface area (TPSA) is 66.8 Å². The van der Waals surface area contributed by atoms with Crippen LogP contribution < -0.4 is 0 Å². The molecule has 0 aromatic heterocycles. The minimum Gasteiger partial charge on any atom is -0.504 e. The highest BCUT2D eigenvalue weighted by atomic mass is 79.9. The molecule has 0 bridgehead atoms. The van der Waals surface area contributed by atoms with Crippen LogP contribution in [0.2, 0.25) is 0 Å². The lowest BCUT2D eigenvalue weighted by molar-refractivity contribution is -0.153. The van der Waals surface area contributed by atoms with E-state index in [4.69, 9.17) is 0 Å². The second kappa shape index (κ2) is 5.46. The minimum atomic E-state index is -1.74. The number of aliphatic hydroxyl groups excluding tert-OH is 1. The first-order chi connectivity index (χ1) is 7.90. The number of hydrogen-bond acceptors (Lipinski definition) is 4. The van der Waals surface area contributed by atoms with Crippen molar-refractivity contribution in [3.05, 3.63) is 27.5 Å². The highest BCUT2D eigenvalue weighted by Crippen LogP contribution is 2.35. The van der Waals surface area contributed by atoms with Gasteiger partial charge in [-0.1, -0.05) is 0 Å². The van der Waals surface area contributed by atoms with Gasteiger partial charge in [-0.25, -0.2) is 9.18 Å². The fourth-order valence-electron chi connectivity index (χ4n) is 1.33. The van der Waals surface area contributed by atoms with E-state index < -0.39 is 23.6 Å². The second-order valence-electron chi connectivity index (χ2n) is 3.41. The van der Waals surface area contributed by atoms with Crippen molar-refractivity contribution in [3.8, 4) is 5.75 Å².